The van der Waals surface area contributed by atoms with Crippen molar-refractivity contribution in [3.8, 4) is 10.8 Å². The number of aliphatic hydroxyl groups is 2. The molecule has 0 spiro atoms. The summed E-state index contributed by atoms with van der Waals surface area (Å²) in [5, 5.41) is 26.4. The fraction of sp³-hybridized carbons (Fsp3) is 0.500. The average molecular weight is 614 g/mol. The first-order chi connectivity index (χ1) is 20.7. The van der Waals surface area contributed by atoms with Crippen LogP contribution in [0.15, 0.2) is 46.2 Å². The second-order valence-corrected chi connectivity index (χ2v) is 12.4. The third-order valence-corrected chi connectivity index (χ3v) is 10.0. The van der Waals surface area contributed by atoms with Gasteiger partial charge >= 0.3 is 5.69 Å². The van der Waals surface area contributed by atoms with Gasteiger partial charge in [-0.3, -0.25) is 18.8 Å². The zero-order valence-corrected chi connectivity index (χ0v) is 25.2. The summed E-state index contributed by atoms with van der Waals surface area (Å²) in [6.07, 6.45) is 3.78. The van der Waals surface area contributed by atoms with E-state index in [9.17, 15) is 24.2 Å². The molecule has 0 bridgehead atoms. The Morgan fingerprint density at radius 2 is 1.93 bits per heavy atom. The average Bonchev–Trinajstić information content (AvgIpc) is 3.72. The van der Waals surface area contributed by atoms with Gasteiger partial charge in [0.15, 0.2) is 0 Å². The van der Waals surface area contributed by atoms with Crippen LogP contribution in [-0.4, -0.2) is 73.2 Å². The molecular formula is C30H36FN5O6S. The quantitative estimate of drug-likeness (QED) is 0.311. The van der Waals surface area contributed by atoms with Gasteiger partial charge in [-0.2, -0.15) is 5.10 Å². The molecule has 43 heavy (non-hydrogen) atoms. The molecule has 0 radical (unpaired) electrons. The largest absolute Gasteiger partial charge is 0.496 e. The van der Waals surface area contributed by atoms with Crippen LogP contribution >= 0.6 is 11.3 Å². The Morgan fingerprint density at radius 3 is 2.58 bits per heavy atom. The molecule has 6 rings (SSSR count). The van der Waals surface area contributed by atoms with E-state index in [1.165, 1.54) is 45.8 Å². The molecule has 2 N–H and O–H groups in total. The summed E-state index contributed by atoms with van der Waals surface area (Å²) in [4.78, 5) is 30.6. The van der Waals surface area contributed by atoms with Crippen LogP contribution in [0.1, 0.15) is 55.4 Å². The van der Waals surface area contributed by atoms with Gasteiger partial charge in [0.05, 0.1) is 37.3 Å². The van der Waals surface area contributed by atoms with Gasteiger partial charge < -0.3 is 19.7 Å². The molecule has 230 valence electrons. The van der Waals surface area contributed by atoms with Crippen molar-refractivity contribution in [2.24, 2.45) is 0 Å². The number of methoxy groups -OCH3 is 1. The first kappa shape index (κ1) is 29.7. The van der Waals surface area contributed by atoms with Gasteiger partial charge in [0.2, 0.25) is 0 Å². The molecule has 2 fully saturated rings. The highest BCUT2D eigenvalue weighted by molar-refractivity contribution is 7.21. The third-order valence-electron chi connectivity index (χ3n) is 8.72. The molecule has 11 nitrogen and oxygen atoms in total. The Labute approximate surface area is 251 Å². The highest BCUT2D eigenvalue weighted by Gasteiger charge is 2.36. The maximum absolute atomic E-state index is 14.7. The Bertz CT molecular complexity index is 1730. The number of hydrogen-bond acceptors (Lipinski definition) is 9. The van der Waals surface area contributed by atoms with Crippen molar-refractivity contribution < 1.29 is 24.1 Å². The molecule has 1 aliphatic carbocycles. The molecule has 0 amide bonds. The number of likely N-dealkylation sites (N-methyl/N-ethyl adjacent to an activating group) is 1. The van der Waals surface area contributed by atoms with E-state index in [2.05, 4.69) is 5.10 Å². The van der Waals surface area contributed by atoms with Crippen molar-refractivity contribution in [1.29, 1.82) is 0 Å². The molecule has 13 heteroatoms. The predicted octanol–water partition coefficient (Wildman–Crippen LogP) is 3.12. The lowest BCUT2D eigenvalue weighted by atomic mass is 9.94. The van der Waals surface area contributed by atoms with E-state index >= 15 is 0 Å². The van der Waals surface area contributed by atoms with Gasteiger partial charge in [-0.05, 0) is 70.3 Å². The lowest BCUT2D eigenvalue weighted by Gasteiger charge is -2.31. The van der Waals surface area contributed by atoms with E-state index < -0.39 is 41.5 Å². The minimum absolute atomic E-state index is 0.0361. The summed E-state index contributed by atoms with van der Waals surface area (Å²) in [5.74, 6) is -0.0664. The minimum atomic E-state index is -1.01. The third kappa shape index (κ3) is 5.44. The highest BCUT2D eigenvalue weighted by atomic mass is 32.1. The number of aryl methyl sites for hydroxylation is 1. The first-order valence-corrected chi connectivity index (χ1v) is 15.3. The van der Waals surface area contributed by atoms with E-state index in [4.69, 9.17) is 9.47 Å². The number of hydrogen-bond donors (Lipinski definition) is 2. The molecule has 3 atom stereocenters. The number of benzene rings is 1. The predicted molar refractivity (Wildman–Crippen MR) is 160 cm³/mol. The second kappa shape index (κ2) is 12.0. The van der Waals surface area contributed by atoms with Crippen molar-refractivity contribution >= 4 is 21.6 Å². The van der Waals surface area contributed by atoms with Crippen molar-refractivity contribution in [1.82, 2.24) is 23.8 Å². The smallest absolute Gasteiger partial charge is 0.332 e. The maximum atomic E-state index is 14.7. The van der Waals surface area contributed by atoms with Crippen molar-refractivity contribution in [2.75, 3.05) is 20.7 Å². The summed E-state index contributed by atoms with van der Waals surface area (Å²) < 4.78 is 31.2. The van der Waals surface area contributed by atoms with Gasteiger partial charge in [-0.1, -0.05) is 11.3 Å². The lowest BCUT2D eigenvalue weighted by molar-refractivity contribution is -0.0566. The van der Waals surface area contributed by atoms with Crippen molar-refractivity contribution in [3.63, 3.8) is 0 Å². The Balaban J connectivity index is 1.55. The molecule has 3 aromatic heterocycles. The Hall–Kier alpha value is -3.36. The molecule has 1 saturated heterocycles. The van der Waals surface area contributed by atoms with Gasteiger partial charge in [-0.15, -0.1) is 0 Å². The molecule has 4 aromatic rings. The minimum Gasteiger partial charge on any atom is -0.496 e. The van der Waals surface area contributed by atoms with Crippen LogP contribution in [0.3, 0.4) is 0 Å². The molecule has 1 unspecified atom stereocenters. The zero-order valence-electron chi connectivity index (χ0n) is 24.4. The summed E-state index contributed by atoms with van der Waals surface area (Å²) in [5.41, 5.74) is 0.0599. The SMILES string of the molecule is COc1ccc(F)cc1[C@H](Cn1c(=O)n([C@@H]2CCN(C)C2O)c(=O)c2c(C)c(-n3cccn3)sc21)OC1CCC(O)CC1. The number of rotatable bonds is 8. The summed E-state index contributed by atoms with van der Waals surface area (Å²) in [7, 11) is 3.24. The molecule has 1 saturated carbocycles. The monoisotopic (exact) mass is 613 g/mol. The van der Waals surface area contributed by atoms with Gasteiger partial charge in [0.1, 0.15) is 33.7 Å². The van der Waals surface area contributed by atoms with E-state index in [-0.39, 0.29) is 12.6 Å². The van der Waals surface area contributed by atoms with Gasteiger partial charge in [0.25, 0.3) is 5.56 Å². The molecule has 2 aliphatic rings. The number of thiophene rings is 1. The van der Waals surface area contributed by atoms with Crippen LogP contribution < -0.4 is 16.0 Å². The molecule has 1 aliphatic heterocycles. The van der Waals surface area contributed by atoms with Gasteiger partial charge in [-0.25, -0.2) is 13.9 Å². The molecular weight excluding hydrogens is 577 g/mol. The summed E-state index contributed by atoms with van der Waals surface area (Å²) >= 11 is 1.27. The highest BCUT2D eigenvalue weighted by Crippen LogP contribution is 2.37. The molecule has 1 aromatic carbocycles. The van der Waals surface area contributed by atoms with Crippen LogP contribution in [-0.2, 0) is 11.3 Å². The summed E-state index contributed by atoms with van der Waals surface area (Å²) in [6.45, 7) is 2.31. The first-order valence-electron chi connectivity index (χ1n) is 14.5. The van der Waals surface area contributed by atoms with Crippen molar-refractivity contribution in [2.45, 2.75) is 76.2 Å². The number of nitrogens with zero attached hydrogens (tertiary/aromatic N) is 5. The van der Waals surface area contributed by atoms with E-state index in [1.807, 2.05) is 6.92 Å². The number of likely N-dealkylation sites (tertiary alicyclic amines) is 1. The van der Waals surface area contributed by atoms with Crippen LogP contribution in [0, 0.1) is 12.7 Å². The zero-order chi connectivity index (χ0) is 30.4. The van der Waals surface area contributed by atoms with Crippen LogP contribution in [0.4, 0.5) is 4.39 Å². The Kier molecular flexibility index (Phi) is 8.26. The number of aliphatic hydroxyl groups excluding tert-OH is 2. The molecule has 4 heterocycles. The number of ether oxygens (including phenoxy) is 2. The lowest BCUT2D eigenvalue weighted by Crippen LogP contribution is -2.46. The van der Waals surface area contributed by atoms with Crippen LogP contribution in [0.5, 0.6) is 5.75 Å². The maximum Gasteiger partial charge on any atom is 0.332 e. The van der Waals surface area contributed by atoms with Crippen LogP contribution in [0.2, 0.25) is 0 Å². The van der Waals surface area contributed by atoms with E-state index in [0.29, 0.717) is 70.7 Å². The Morgan fingerprint density at radius 1 is 1.16 bits per heavy atom. The fourth-order valence-electron chi connectivity index (χ4n) is 6.34. The summed E-state index contributed by atoms with van der Waals surface area (Å²) in [6, 6.07) is 5.22. The van der Waals surface area contributed by atoms with E-state index in [0.717, 1.165) is 0 Å². The second-order valence-electron chi connectivity index (χ2n) is 11.4. The topological polar surface area (TPSA) is 124 Å². The standard InChI is InChI=1S/C30H36FN5O6S/c1-17-25-27(39)36(22-11-14-33(2)26(22)38)30(40)34(29(25)43-28(17)35-13-4-12-32-35)16-24(42-20-8-6-19(37)7-9-20)21-15-18(31)5-10-23(21)41-3/h4-5,10,12-13,15,19-20,22,24,26,37-38H,6-9,11,14,16H2,1-3H3/t19?,20?,22-,24+,26?/m1/s1. The number of fused-ring (bicyclic) bond motifs is 1. The van der Waals surface area contributed by atoms with Gasteiger partial charge in [0, 0.05) is 30.1 Å². The number of aromatic nitrogens is 4. The van der Waals surface area contributed by atoms with Crippen molar-refractivity contribution in [3.05, 3.63) is 74.4 Å². The number of halogens is 1. The normalized spacial score (nSPS) is 23.7. The van der Waals surface area contributed by atoms with E-state index in [1.54, 1.807) is 35.1 Å². The van der Waals surface area contributed by atoms with Crippen LogP contribution in [0.25, 0.3) is 15.2 Å². The fourth-order valence-corrected chi connectivity index (χ4v) is 7.58.